The number of carbonyl (C=O) groups excluding carboxylic acids is 2. The van der Waals surface area contributed by atoms with Gasteiger partial charge < -0.3 is 10.4 Å². The molecule has 1 rings (SSSR count). The Labute approximate surface area is 80.9 Å². The molecule has 0 saturated carbocycles. The fourth-order valence-electron chi connectivity index (χ4n) is 1.36. The monoisotopic (exact) mass is 200 g/mol. The van der Waals surface area contributed by atoms with Crippen molar-refractivity contribution in [1.29, 1.82) is 0 Å². The third-order valence-electron chi connectivity index (χ3n) is 2.30. The third kappa shape index (κ3) is 1.68. The van der Waals surface area contributed by atoms with E-state index in [2.05, 4.69) is 5.32 Å². The summed E-state index contributed by atoms with van der Waals surface area (Å²) in [7, 11) is 1.36. The number of nitrogens with zero attached hydrogens (tertiary/aromatic N) is 1. The van der Waals surface area contributed by atoms with Crippen LogP contribution >= 0.6 is 0 Å². The maximum absolute atomic E-state index is 11.5. The van der Waals surface area contributed by atoms with Crippen LogP contribution in [0.2, 0.25) is 0 Å². The van der Waals surface area contributed by atoms with Gasteiger partial charge in [-0.3, -0.25) is 14.5 Å². The van der Waals surface area contributed by atoms with Crippen molar-refractivity contribution in [3.8, 4) is 0 Å². The molecule has 1 fully saturated rings. The van der Waals surface area contributed by atoms with Gasteiger partial charge in [-0.05, 0) is 13.3 Å². The molecule has 1 aliphatic heterocycles. The Balaban J connectivity index is 2.71. The van der Waals surface area contributed by atoms with E-state index in [4.69, 9.17) is 5.11 Å². The highest BCUT2D eigenvalue weighted by atomic mass is 16.4. The van der Waals surface area contributed by atoms with Crippen LogP contribution in [0.25, 0.3) is 0 Å². The Hall–Kier alpha value is -1.59. The van der Waals surface area contributed by atoms with Crippen molar-refractivity contribution in [2.75, 3.05) is 7.05 Å². The lowest BCUT2D eigenvalue weighted by atomic mass is 9.96. The van der Waals surface area contributed by atoms with E-state index in [1.807, 2.05) is 0 Å². The molecule has 0 spiro atoms. The summed E-state index contributed by atoms with van der Waals surface area (Å²) in [5.41, 5.74) is -1.07. The molecule has 0 aromatic carbocycles. The highest BCUT2D eigenvalue weighted by Gasteiger charge is 2.45. The minimum absolute atomic E-state index is 0.108. The van der Waals surface area contributed by atoms with Crippen molar-refractivity contribution in [1.82, 2.24) is 10.2 Å². The van der Waals surface area contributed by atoms with Gasteiger partial charge in [-0.2, -0.15) is 0 Å². The topological polar surface area (TPSA) is 86.7 Å². The molecule has 1 heterocycles. The molecule has 0 bridgehead atoms. The van der Waals surface area contributed by atoms with Crippen LogP contribution < -0.4 is 5.32 Å². The molecular formula is C8H12N2O4. The molecule has 0 aromatic heterocycles. The summed E-state index contributed by atoms with van der Waals surface area (Å²) >= 11 is 0. The Morgan fingerprint density at radius 2 is 2.14 bits per heavy atom. The third-order valence-corrected chi connectivity index (χ3v) is 2.30. The quantitative estimate of drug-likeness (QED) is 0.617. The minimum Gasteiger partial charge on any atom is -0.481 e. The average molecular weight is 200 g/mol. The maximum atomic E-state index is 11.5. The van der Waals surface area contributed by atoms with Gasteiger partial charge in [-0.25, -0.2) is 4.79 Å². The van der Waals surface area contributed by atoms with Crippen LogP contribution in [0.1, 0.15) is 19.8 Å². The number of urea groups is 1. The number of carbonyl (C=O) groups is 3. The lowest BCUT2D eigenvalue weighted by Crippen LogP contribution is -2.44. The molecule has 0 aromatic rings. The van der Waals surface area contributed by atoms with Gasteiger partial charge in [-0.15, -0.1) is 0 Å². The average Bonchev–Trinajstić information content (AvgIpc) is 2.28. The molecule has 6 heteroatoms. The molecule has 14 heavy (non-hydrogen) atoms. The number of carboxylic acid groups (broad SMARTS) is 1. The van der Waals surface area contributed by atoms with E-state index in [-0.39, 0.29) is 18.7 Å². The number of carboxylic acids is 1. The smallest absolute Gasteiger partial charge is 0.324 e. The molecule has 1 saturated heterocycles. The van der Waals surface area contributed by atoms with E-state index in [0.717, 1.165) is 4.90 Å². The highest BCUT2D eigenvalue weighted by Crippen LogP contribution is 2.21. The van der Waals surface area contributed by atoms with Crippen LogP contribution in [0.3, 0.4) is 0 Å². The summed E-state index contributed by atoms with van der Waals surface area (Å²) in [6.45, 7) is 1.53. The number of aliphatic carboxylic acids is 1. The summed E-state index contributed by atoms with van der Waals surface area (Å²) in [5, 5.41) is 10.9. The van der Waals surface area contributed by atoms with Gasteiger partial charge in [0, 0.05) is 13.5 Å². The number of imide groups is 1. The number of nitrogens with one attached hydrogen (secondary N) is 1. The van der Waals surface area contributed by atoms with Gasteiger partial charge >= 0.3 is 12.0 Å². The SMILES string of the molecule is CN1C(=O)NC(C)(CCC(=O)O)C1=O. The van der Waals surface area contributed by atoms with Crippen molar-refractivity contribution in [2.45, 2.75) is 25.3 Å². The Kier molecular flexibility index (Phi) is 2.46. The normalized spacial score (nSPS) is 26.6. The Morgan fingerprint density at radius 3 is 2.50 bits per heavy atom. The van der Waals surface area contributed by atoms with E-state index in [9.17, 15) is 14.4 Å². The highest BCUT2D eigenvalue weighted by molar-refractivity contribution is 6.06. The van der Waals surface area contributed by atoms with Crippen molar-refractivity contribution < 1.29 is 19.5 Å². The van der Waals surface area contributed by atoms with E-state index in [1.54, 1.807) is 0 Å². The minimum atomic E-state index is -1.07. The molecule has 1 aliphatic rings. The number of hydrogen-bond acceptors (Lipinski definition) is 3. The summed E-state index contributed by atoms with van der Waals surface area (Å²) in [6.07, 6.45) is -0.0341. The fraction of sp³-hybridized carbons (Fsp3) is 0.625. The molecule has 0 aliphatic carbocycles. The summed E-state index contributed by atoms with van der Waals surface area (Å²) < 4.78 is 0. The predicted molar refractivity (Wildman–Crippen MR) is 46.6 cm³/mol. The van der Waals surface area contributed by atoms with Gasteiger partial charge in [0.15, 0.2) is 0 Å². The standard InChI is InChI=1S/C8H12N2O4/c1-8(4-3-5(11)12)6(13)10(2)7(14)9-8/h3-4H2,1-2H3,(H,9,14)(H,11,12). The van der Waals surface area contributed by atoms with E-state index in [1.165, 1.54) is 14.0 Å². The maximum Gasteiger partial charge on any atom is 0.324 e. The Morgan fingerprint density at radius 1 is 1.57 bits per heavy atom. The number of likely N-dealkylation sites (N-methyl/N-ethyl adjacent to an activating group) is 1. The van der Waals surface area contributed by atoms with Gasteiger partial charge in [0.25, 0.3) is 5.91 Å². The summed E-state index contributed by atoms with van der Waals surface area (Å²) in [4.78, 5) is 33.9. The molecule has 6 nitrogen and oxygen atoms in total. The predicted octanol–water partition coefficient (Wildman–Crippen LogP) is -0.209. The number of rotatable bonds is 3. The fourth-order valence-corrected chi connectivity index (χ4v) is 1.36. The first-order valence-corrected chi connectivity index (χ1v) is 4.19. The van der Waals surface area contributed by atoms with Gasteiger partial charge in [-0.1, -0.05) is 0 Å². The first kappa shape index (κ1) is 10.5. The van der Waals surface area contributed by atoms with Crippen molar-refractivity contribution in [2.24, 2.45) is 0 Å². The molecule has 3 amide bonds. The van der Waals surface area contributed by atoms with E-state index >= 15 is 0 Å². The van der Waals surface area contributed by atoms with Crippen molar-refractivity contribution in [3.05, 3.63) is 0 Å². The molecule has 0 radical (unpaired) electrons. The molecule has 2 N–H and O–H groups in total. The molecule has 1 unspecified atom stereocenters. The van der Waals surface area contributed by atoms with Crippen LogP contribution in [0.4, 0.5) is 4.79 Å². The second kappa shape index (κ2) is 3.28. The zero-order valence-corrected chi connectivity index (χ0v) is 8.03. The summed E-state index contributed by atoms with van der Waals surface area (Å²) in [6, 6.07) is -0.483. The zero-order chi connectivity index (χ0) is 10.9. The van der Waals surface area contributed by atoms with Crippen LogP contribution in [0, 0.1) is 0 Å². The van der Waals surface area contributed by atoms with Crippen molar-refractivity contribution in [3.63, 3.8) is 0 Å². The first-order chi connectivity index (χ1) is 6.37. The van der Waals surface area contributed by atoms with Crippen LogP contribution in [-0.4, -0.2) is 40.5 Å². The first-order valence-electron chi connectivity index (χ1n) is 4.19. The van der Waals surface area contributed by atoms with Crippen LogP contribution in [-0.2, 0) is 9.59 Å². The largest absolute Gasteiger partial charge is 0.481 e. The summed E-state index contributed by atoms with van der Waals surface area (Å²) in [5.74, 6) is -1.37. The van der Waals surface area contributed by atoms with Crippen molar-refractivity contribution >= 4 is 17.9 Å². The molecule has 1 atom stereocenters. The number of hydrogen-bond donors (Lipinski definition) is 2. The molecular weight excluding hydrogens is 188 g/mol. The van der Waals surface area contributed by atoms with E-state index in [0.29, 0.717) is 0 Å². The van der Waals surface area contributed by atoms with Gasteiger partial charge in [0.2, 0.25) is 0 Å². The number of amides is 3. The lowest BCUT2D eigenvalue weighted by molar-refractivity contribution is -0.138. The van der Waals surface area contributed by atoms with Gasteiger partial charge in [0.1, 0.15) is 5.54 Å². The lowest BCUT2D eigenvalue weighted by Gasteiger charge is -2.19. The second-order valence-corrected chi connectivity index (χ2v) is 3.52. The van der Waals surface area contributed by atoms with Crippen LogP contribution in [0.15, 0.2) is 0 Å². The Bertz CT molecular complexity index is 302. The second-order valence-electron chi connectivity index (χ2n) is 3.52. The molecule has 78 valence electrons. The van der Waals surface area contributed by atoms with Crippen LogP contribution in [0.5, 0.6) is 0 Å². The zero-order valence-electron chi connectivity index (χ0n) is 8.03. The van der Waals surface area contributed by atoms with Gasteiger partial charge in [0.05, 0.1) is 0 Å². The van der Waals surface area contributed by atoms with E-state index < -0.39 is 17.5 Å².